The molecule has 2 aromatic carbocycles. The second kappa shape index (κ2) is 8.94. The highest BCUT2D eigenvalue weighted by Crippen LogP contribution is 2.19. The fourth-order valence-electron chi connectivity index (χ4n) is 3.05. The molecule has 28 heavy (non-hydrogen) atoms. The van der Waals surface area contributed by atoms with Crippen LogP contribution in [0.3, 0.4) is 0 Å². The van der Waals surface area contributed by atoms with Gasteiger partial charge < -0.3 is 25.5 Å². The van der Waals surface area contributed by atoms with E-state index in [1.54, 1.807) is 6.20 Å². The number of carboxylic acid groups (broad SMARTS) is 1. The summed E-state index contributed by atoms with van der Waals surface area (Å²) in [5.74, 6) is -0.394. The van der Waals surface area contributed by atoms with Gasteiger partial charge in [0.15, 0.2) is 0 Å². The van der Waals surface area contributed by atoms with Crippen LogP contribution in [-0.2, 0) is 17.8 Å². The van der Waals surface area contributed by atoms with E-state index in [0.717, 1.165) is 22.0 Å². The lowest BCUT2D eigenvalue weighted by molar-refractivity contribution is -0.139. The van der Waals surface area contributed by atoms with Crippen LogP contribution in [0.15, 0.2) is 54.7 Å². The third kappa shape index (κ3) is 4.62. The molecule has 0 fully saturated rings. The number of para-hydroxylation sites is 2. The molecule has 0 aliphatic carbocycles. The van der Waals surface area contributed by atoms with Crippen molar-refractivity contribution in [1.82, 2.24) is 15.6 Å². The predicted octanol–water partition coefficient (Wildman–Crippen LogP) is 3.06. The lowest BCUT2D eigenvalue weighted by Gasteiger charge is -2.16. The summed E-state index contributed by atoms with van der Waals surface area (Å²) in [6.45, 7) is 2.65. The molecule has 1 heterocycles. The highest BCUT2D eigenvalue weighted by atomic mass is 16.5. The van der Waals surface area contributed by atoms with Gasteiger partial charge in [0.05, 0.1) is 6.61 Å². The summed E-state index contributed by atoms with van der Waals surface area (Å²) >= 11 is 0. The van der Waals surface area contributed by atoms with Crippen LogP contribution in [-0.4, -0.2) is 34.7 Å². The van der Waals surface area contributed by atoms with Crippen LogP contribution in [0.25, 0.3) is 10.9 Å². The highest BCUT2D eigenvalue weighted by Gasteiger charge is 2.22. The molecule has 0 aliphatic rings. The monoisotopic (exact) mass is 381 g/mol. The van der Waals surface area contributed by atoms with Crippen molar-refractivity contribution >= 4 is 22.9 Å². The van der Waals surface area contributed by atoms with Crippen LogP contribution in [0.5, 0.6) is 5.75 Å². The van der Waals surface area contributed by atoms with E-state index >= 15 is 0 Å². The molecule has 146 valence electrons. The zero-order valence-electron chi connectivity index (χ0n) is 15.6. The molecule has 1 atom stereocenters. The minimum absolute atomic E-state index is 0.183. The molecular formula is C21H23N3O4. The molecule has 0 saturated carbocycles. The second-order valence-electron chi connectivity index (χ2n) is 6.32. The Kier molecular flexibility index (Phi) is 6.16. The van der Waals surface area contributed by atoms with E-state index in [1.807, 2.05) is 55.5 Å². The number of ether oxygens (including phenoxy) is 1. The minimum atomic E-state index is -1.09. The number of carbonyl (C=O) groups excluding carboxylic acids is 1. The van der Waals surface area contributed by atoms with Crippen molar-refractivity contribution in [2.45, 2.75) is 25.9 Å². The number of benzene rings is 2. The molecule has 0 saturated heterocycles. The van der Waals surface area contributed by atoms with Crippen molar-refractivity contribution in [3.8, 4) is 5.75 Å². The van der Waals surface area contributed by atoms with Crippen molar-refractivity contribution in [1.29, 1.82) is 0 Å². The molecule has 1 unspecified atom stereocenters. The summed E-state index contributed by atoms with van der Waals surface area (Å²) in [4.78, 5) is 27.0. The Morgan fingerprint density at radius 3 is 2.64 bits per heavy atom. The van der Waals surface area contributed by atoms with Crippen LogP contribution in [0.2, 0.25) is 0 Å². The average molecular weight is 381 g/mol. The third-order valence-electron chi connectivity index (χ3n) is 4.41. The van der Waals surface area contributed by atoms with E-state index in [2.05, 4.69) is 15.6 Å². The highest BCUT2D eigenvalue weighted by molar-refractivity contribution is 5.86. The van der Waals surface area contributed by atoms with Gasteiger partial charge in [-0.2, -0.15) is 0 Å². The average Bonchev–Trinajstić information content (AvgIpc) is 3.10. The van der Waals surface area contributed by atoms with Gasteiger partial charge in [-0.25, -0.2) is 9.59 Å². The van der Waals surface area contributed by atoms with Crippen molar-refractivity contribution in [3.05, 3.63) is 65.9 Å². The topological polar surface area (TPSA) is 103 Å². The van der Waals surface area contributed by atoms with Crippen LogP contribution in [0.4, 0.5) is 4.79 Å². The van der Waals surface area contributed by atoms with Gasteiger partial charge in [-0.05, 0) is 24.6 Å². The first-order valence-corrected chi connectivity index (χ1v) is 9.11. The number of amides is 2. The maximum atomic E-state index is 12.3. The molecule has 0 bridgehead atoms. The van der Waals surface area contributed by atoms with E-state index in [-0.39, 0.29) is 13.0 Å². The second-order valence-corrected chi connectivity index (χ2v) is 6.32. The van der Waals surface area contributed by atoms with Gasteiger partial charge in [0, 0.05) is 35.6 Å². The number of aliphatic carboxylic acids is 1. The molecule has 7 heteroatoms. The summed E-state index contributed by atoms with van der Waals surface area (Å²) in [6, 6.07) is 13.5. The number of urea groups is 1. The normalized spacial score (nSPS) is 11.8. The summed E-state index contributed by atoms with van der Waals surface area (Å²) < 4.78 is 5.53. The quantitative estimate of drug-likeness (QED) is 0.481. The fraction of sp³-hybridized carbons (Fsp3) is 0.238. The molecule has 3 rings (SSSR count). The molecule has 4 N–H and O–H groups in total. The van der Waals surface area contributed by atoms with Gasteiger partial charge in [0.2, 0.25) is 0 Å². The number of aromatic nitrogens is 1. The zero-order valence-corrected chi connectivity index (χ0v) is 15.6. The van der Waals surface area contributed by atoms with Gasteiger partial charge in [-0.3, -0.25) is 0 Å². The number of hydrogen-bond donors (Lipinski definition) is 4. The number of carbonyl (C=O) groups is 2. The lowest BCUT2D eigenvalue weighted by Crippen LogP contribution is -2.46. The van der Waals surface area contributed by atoms with Crippen molar-refractivity contribution in [2.75, 3.05) is 6.61 Å². The van der Waals surface area contributed by atoms with Crippen molar-refractivity contribution in [3.63, 3.8) is 0 Å². The Balaban J connectivity index is 1.63. The van der Waals surface area contributed by atoms with E-state index in [9.17, 15) is 14.7 Å². The number of hydrogen-bond acceptors (Lipinski definition) is 3. The van der Waals surface area contributed by atoms with Gasteiger partial charge >= 0.3 is 12.0 Å². The number of fused-ring (bicyclic) bond motifs is 1. The smallest absolute Gasteiger partial charge is 0.326 e. The van der Waals surface area contributed by atoms with Gasteiger partial charge in [0.1, 0.15) is 11.8 Å². The molecule has 7 nitrogen and oxygen atoms in total. The van der Waals surface area contributed by atoms with Crippen LogP contribution < -0.4 is 15.4 Å². The predicted molar refractivity (Wildman–Crippen MR) is 106 cm³/mol. The van der Waals surface area contributed by atoms with E-state index in [4.69, 9.17) is 4.74 Å². The summed E-state index contributed by atoms with van der Waals surface area (Å²) in [6.07, 6.45) is 1.96. The molecule has 0 aliphatic heterocycles. The molecule has 0 radical (unpaired) electrons. The zero-order chi connectivity index (χ0) is 19.9. The van der Waals surface area contributed by atoms with Crippen molar-refractivity contribution in [2.24, 2.45) is 0 Å². The summed E-state index contributed by atoms with van der Waals surface area (Å²) in [5.41, 5.74) is 2.59. The standard InChI is InChI=1S/C21H23N3O4/c1-2-28-19-10-6-3-7-14(19)12-23-21(27)24-18(20(25)26)11-15-13-22-17-9-5-4-8-16(15)17/h3-10,13,18,22H,2,11-12H2,1H3,(H,25,26)(H2,23,24,27). The lowest BCUT2D eigenvalue weighted by atomic mass is 10.1. The Morgan fingerprint density at radius 1 is 1.11 bits per heavy atom. The Bertz CT molecular complexity index is 967. The first-order valence-electron chi connectivity index (χ1n) is 9.11. The third-order valence-corrected chi connectivity index (χ3v) is 4.41. The number of nitrogens with one attached hydrogen (secondary N) is 3. The summed E-state index contributed by atoms with van der Waals surface area (Å²) in [7, 11) is 0. The first-order chi connectivity index (χ1) is 13.6. The van der Waals surface area contributed by atoms with E-state index < -0.39 is 18.0 Å². The maximum absolute atomic E-state index is 12.3. The molecule has 2 amide bonds. The number of carboxylic acids is 1. The van der Waals surface area contributed by atoms with Gasteiger partial charge in [0.25, 0.3) is 0 Å². The number of H-pyrrole nitrogens is 1. The molecule has 1 aromatic heterocycles. The van der Waals surface area contributed by atoms with Gasteiger partial charge in [-0.1, -0.05) is 36.4 Å². The van der Waals surface area contributed by atoms with E-state index in [1.165, 1.54) is 0 Å². The Morgan fingerprint density at radius 2 is 1.86 bits per heavy atom. The number of rotatable bonds is 8. The largest absolute Gasteiger partial charge is 0.494 e. The van der Waals surface area contributed by atoms with Gasteiger partial charge in [-0.15, -0.1) is 0 Å². The van der Waals surface area contributed by atoms with E-state index in [0.29, 0.717) is 12.4 Å². The first kappa shape index (κ1) is 19.3. The van der Waals surface area contributed by atoms with Crippen LogP contribution in [0, 0.1) is 0 Å². The summed E-state index contributed by atoms with van der Waals surface area (Å²) in [5, 5.41) is 15.7. The van der Waals surface area contributed by atoms with Crippen LogP contribution in [0.1, 0.15) is 18.1 Å². The van der Waals surface area contributed by atoms with Crippen LogP contribution >= 0.6 is 0 Å². The molecular weight excluding hydrogens is 358 g/mol. The maximum Gasteiger partial charge on any atom is 0.326 e. The fourth-order valence-corrected chi connectivity index (χ4v) is 3.05. The SMILES string of the molecule is CCOc1ccccc1CNC(=O)NC(Cc1c[nH]c2ccccc12)C(=O)O. The molecule has 3 aromatic rings. The Hall–Kier alpha value is -3.48. The van der Waals surface area contributed by atoms with Crippen molar-refractivity contribution < 1.29 is 19.4 Å². The number of aromatic amines is 1. The molecule has 0 spiro atoms. The Labute approximate surface area is 162 Å². The minimum Gasteiger partial charge on any atom is -0.494 e.